The first-order chi connectivity index (χ1) is 16.6. The molecule has 8 heteroatoms. The lowest BCUT2D eigenvalue weighted by molar-refractivity contribution is 0.0930. The highest BCUT2D eigenvalue weighted by molar-refractivity contribution is 7.18. The summed E-state index contributed by atoms with van der Waals surface area (Å²) in [6.45, 7) is -0.340. The molecule has 6 nitrogen and oxygen atoms in total. The number of rotatable bonds is 9. The van der Waals surface area contributed by atoms with Crippen LogP contribution in [0, 0.1) is 5.82 Å². The van der Waals surface area contributed by atoms with Crippen molar-refractivity contribution in [2.75, 3.05) is 6.61 Å². The Morgan fingerprint density at radius 1 is 1.03 bits per heavy atom. The lowest BCUT2D eigenvalue weighted by atomic mass is 10.0. The quantitative estimate of drug-likeness (QED) is 0.335. The Balaban J connectivity index is 1.62. The zero-order valence-electron chi connectivity index (χ0n) is 18.3. The molecular formula is C26H24FN3O3S. The number of aliphatic hydroxyl groups is 2. The highest BCUT2D eigenvalue weighted by atomic mass is 32.1. The maximum Gasteiger partial charge on any atom is 0.252 e. The number of hydrogen-bond acceptors (Lipinski definition) is 6. The Morgan fingerprint density at radius 2 is 1.79 bits per heavy atom. The van der Waals surface area contributed by atoms with Crippen LogP contribution in [0.2, 0.25) is 0 Å². The average Bonchev–Trinajstić information content (AvgIpc) is 3.29. The monoisotopic (exact) mass is 477 g/mol. The van der Waals surface area contributed by atoms with Crippen LogP contribution in [-0.2, 0) is 13.0 Å². The molecular weight excluding hydrogens is 453 g/mol. The van der Waals surface area contributed by atoms with Crippen molar-refractivity contribution in [3.63, 3.8) is 0 Å². The van der Waals surface area contributed by atoms with Gasteiger partial charge in [-0.2, -0.15) is 0 Å². The smallest absolute Gasteiger partial charge is 0.252 e. The van der Waals surface area contributed by atoms with Crippen LogP contribution < -0.4 is 5.32 Å². The van der Waals surface area contributed by atoms with E-state index in [1.807, 2.05) is 30.3 Å². The molecule has 0 aliphatic heterocycles. The number of thiazole rings is 1. The number of aromatic nitrogens is 2. The van der Waals surface area contributed by atoms with Gasteiger partial charge < -0.3 is 15.5 Å². The molecule has 0 spiro atoms. The zero-order valence-corrected chi connectivity index (χ0v) is 19.1. The van der Waals surface area contributed by atoms with Crippen molar-refractivity contribution in [3.8, 4) is 21.0 Å². The third kappa shape index (κ3) is 5.53. The topological polar surface area (TPSA) is 95.3 Å². The van der Waals surface area contributed by atoms with E-state index >= 15 is 0 Å². The fourth-order valence-electron chi connectivity index (χ4n) is 3.68. The van der Waals surface area contributed by atoms with Crippen LogP contribution in [0.15, 0.2) is 72.9 Å². The summed E-state index contributed by atoms with van der Waals surface area (Å²) in [6.07, 6.45) is 2.59. The van der Waals surface area contributed by atoms with Gasteiger partial charge in [-0.3, -0.25) is 9.78 Å². The third-order valence-corrected chi connectivity index (χ3v) is 6.53. The Bertz CT molecular complexity index is 1250. The molecule has 4 rings (SSSR count). The summed E-state index contributed by atoms with van der Waals surface area (Å²) in [7, 11) is 0. The van der Waals surface area contributed by atoms with Crippen molar-refractivity contribution in [2.45, 2.75) is 25.5 Å². The van der Waals surface area contributed by atoms with E-state index in [0.29, 0.717) is 34.7 Å². The Kier molecular flexibility index (Phi) is 7.74. The second-order valence-electron chi connectivity index (χ2n) is 7.71. The predicted molar refractivity (Wildman–Crippen MR) is 130 cm³/mol. The van der Waals surface area contributed by atoms with Crippen molar-refractivity contribution in [1.29, 1.82) is 0 Å². The molecule has 4 aromatic rings. The van der Waals surface area contributed by atoms with Crippen LogP contribution in [0.4, 0.5) is 4.39 Å². The van der Waals surface area contributed by atoms with Gasteiger partial charge in [-0.25, -0.2) is 9.37 Å². The maximum atomic E-state index is 13.4. The number of pyridine rings is 1. The van der Waals surface area contributed by atoms with Gasteiger partial charge in [0.15, 0.2) is 0 Å². The largest absolute Gasteiger partial charge is 0.396 e. The molecule has 1 atom stereocenters. The predicted octanol–water partition coefficient (Wildman–Crippen LogP) is 4.23. The van der Waals surface area contributed by atoms with E-state index in [4.69, 9.17) is 0 Å². The molecule has 3 N–H and O–H groups in total. The molecule has 0 saturated carbocycles. The van der Waals surface area contributed by atoms with E-state index in [9.17, 15) is 19.4 Å². The summed E-state index contributed by atoms with van der Waals surface area (Å²) in [5.41, 5.74) is 3.11. The minimum atomic E-state index is -0.343. The minimum Gasteiger partial charge on any atom is -0.396 e. The molecule has 34 heavy (non-hydrogen) atoms. The van der Waals surface area contributed by atoms with Crippen LogP contribution >= 0.6 is 11.3 Å². The van der Waals surface area contributed by atoms with Crippen molar-refractivity contribution in [3.05, 3.63) is 95.7 Å². The fourth-order valence-corrected chi connectivity index (χ4v) is 4.80. The van der Waals surface area contributed by atoms with Crippen molar-refractivity contribution < 1.29 is 19.4 Å². The fraction of sp³-hybridized carbons (Fsp3) is 0.192. The van der Waals surface area contributed by atoms with E-state index in [0.717, 1.165) is 16.1 Å². The molecule has 0 saturated heterocycles. The van der Waals surface area contributed by atoms with Gasteiger partial charge in [0.25, 0.3) is 5.91 Å². The van der Waals surface area contributed by atoms with Gasteiger partial charge in [0.1, 0.15) is 10.8 Å². The molecule has 2 aromatic heterocycles. The van der Waals surface area contributed by atoms with Gasteiger partial charge >= 0.3 is 0 Å². The number of aliphatic hydroxyl groups excluding tert-OH is 2. The number of nitrogens with zero attached hydrogens (tertiary/aromatic N) is 2. The number of amides is 1. The van der Waals surface area contributed by atoms with E-state index in [1.165, 1.54) is 23.5 Å². The van der Waals surface area contributed by atoms with Gasteiger partial charge in [-0.05, 0) is 42.3 Å². The van der Waals surface area contributed by atoms with Crippen LogP contribution in [-0.4, -0.2) is 38.7 Å². The van der Waals surface area contributed by atoms with E-state index < -0.39 is 0 Å². The zero-order chi connectivity index (χ0) is 23.9. The van der Waals surface area contributed by atoms with Gasteiger partial charge in [0, 0.05) is 42.1 Å². The molecule has 2 heterocycles. The SMILES string of the molecule is O=C(N[C@@H](CCO)Cc1ccccn1)c1ccccc1-c1nc(CO)c(-c2ccc(F)cc2)s1. The minimum absolute atomic E-state index is 0.0627. The Labute approximate surface area is 200 Å². The number of halogens is 1. The standard InChI is InChI=1S/C26H24FN3O3S/c27-18-10-8-17(9-11-18)24-23(16-32)30-26(34-24)22-7-2-1-6-21(22)25(33)29-20(12-14-31)15-19-5-3-4-13-28-19/h1-11,13,20,31-32H,12,14-16H2,(H,29,33)/t20-/m0/s1. The van der Waals surface area contributed by atoms with Crippen LogP contribution in [0.1, 0.15) is 28.2 Å². The molecule has 174 valence electrons. The number of carbonyl (C=O) groups is 1. The van der Waals surface area contributed by atoms with Gasteiger partial charge in [-0.15, -0.1) is 11.3 Å². The maximum absolute atomic E-state index is 13.4. The molecule has 0 aliphatic carbocycles. The number of hydrogen-bond donors (Lipinski definition) is 3. The molecule has 1 amide bonds. The van der Waals surface area contributed by atoms with Crippen LogP contribution in [0.25, 0.3) is 21.0 Å². The first kappa shape index (κ1) is 23.7. The second-order valence-corrected chi connectivity index (χ2v) is 8.71. The molecule has 0 unspecified atom stereocenters. The lowest BCUT2D eigenvalue weighted by Gasteiger charge is -2.18. The Hall–Kier alpha value is -3.46. The summed E-state index contributed by atoms with van der Waals surface area (Å²) in [5, 5.41) is 22.9. The molecule has 0 fully saturated rings. The van der Waals surface area contributed by atoms with Crippen molar-refractivity contribution in [1.82, 2.24) is 15.3 Å². The Morgan fingerprint density at radius 3 is 2.50 bits per heavy atom. The molecule has 2 aromatic carbocycles. The van der Waals surface area contributed by atoms with E-state index in [1.54, 1.807) is 30.5 Å². The van der Waals surface area contributed by atoms with Gasteiger partial charge in [0.2, 0.25) is 0 Å². The van der Waals surface area contributed by atoms with E-state index in [2.05, 4.69) is 15.3 Å². The lowest BCUT2D eigenvalue weighted by Crippen LogP contribution is -2.37. The van der Waals surface area contributed by atoms with E-state index in [-0.39, 0.29) is 31.0 Å². The molecule has 0 aliphatic rings. The highest BCUT2D eigenvalue weighted by Gasteiger charge is 2.21. The number of nitrogens with one attached hydrogen (secondary N) is 1. The molecule has 0 bridgehead atoms. The number of benzene rings is 2. The third-order valence-electron chi connectivity index (χ3n) is 5.35. The van der Waals surface area contributed by atoms with Crippen LogP contribution in [0.3, 0.4) is 0 Å². The first-order valence-electron chi connectivity index (χ1n) is 10.9. The average molecular weight is 478 g/mol. The van der Waals surface area contributed by atoms with Gasteiger partial charge in [-0.1, -0.05) is 36.4 Å². The summed E-state index contributed by atoms with van der Waals surface area (Å²) in [5.74, 6) is -0.627. The number of carbonyl (C=O) groups excluding carboxylic acids is 1. The normalized spacial score (nSPS) is 11.9. The molecule has 0 radical (unpaired) electrons. The van der Waals surface area contributed by atoms with Crippen molar-refractivity contribution in [2.24, 2.45) is 0 Å². The second kappa shape index (κ2) is 11.1. The summed E-state index contributed by atoms with van der Waals surface area (Å²) < 4.78 is 13.4. The van der Waals surface area contributed by atoms with Gasteiger partial charge in [0.05, 0.1) is 17.2 Å². The van der Waals surface area contributed by atoms with Crippen molar-refractivity contribution >= 4 is 17.2 Å². The highest BCUT2D eigenvalue weighted by Crippen LogP contribution is 2.37. The first-order valence-corrected chi connectivity index (χ1v) is 11.7. The summed E-state index contributed by atoms with van der Waals surface area (Å²) >= 11 is 1.34. The summed E-state index contributed by atoms with van der Waals surface area (Å²) in [4.78, 5) is 22.9. The van der Waals surface area contributed by atoms with Crippen LogP contribution in [0.5, 0.6) is 0 Å². The summed E-state index contributed by atoms with van der Waals surface area (Å²) in [6, 6.07) is 18.4.